The fourth-order valence-electron chi connectivity index (χ4n) is 2.26. The van der Waals surface area contributed by atoms with Crippen molar-refractivity contribution in [2.75, 3.05) is 14.1 Å². The Morgan fingerprint density at radius 3 is 2.70 bits per heavy atom. The van der Waals surface area contributed by atoms with Gasteiger partial charge in [-0.1, -0.05) is 12.1 Å². The summed E-state index contributed by atoms with van der Waals surface area (Å²) in [7, 11) is 3.75. The highest BCUT2D eigenvalue weighted by Crippen LogP contribution is 2.33. The number of para-hydroxylation sites is 1. The summed E-state index contributed by atoms with van der Waals surface area (Å²) in [5.74, 6) is 0.677. The van der Waals surface area contributed by atoms with E-state index < -0.39 is 0 Å². The van der Waals surface area contributed by atoms with Gasteiger partial charge in [0.05, 0.1) is 5.56 Å². The van der Waals surface area contributed by atoms with Crippen LogP contribution < -0.4 is 10.4 Å². The molecule has 0 unspecified atom stereocenters. The molecular formula is C15H15N2O3+. The first kappa shape index (κ1) is 12.5. The van der Waals surface area contributed by atoms with Crippen molar-refractivity contribution in [1.82, 2.24) is 4.57 Å². The molecule has 0 radical (unpaired) electrons. The smallest absolute Gasteiger partial charge is 0.258 e. The summed E-state index contributed by atoms with van der Waals surface area (Å²) in [6, 6.07) is 10.2. The van der Waals surface area contributed by atoms with Crippen LogP contribution in [0.4, 0.5) is 0 Å². The molecule has 20 heavy (non-hydrogen) atoms. The molecule has 0 saturated heterocycles. The van der Waals surface area contributed by atoms with Crippen LogP contribution in [0.3, 0.4) is 0 Å². The van der Waals surface area contributed by atoms with E-state index >= 15 is 0 Å². The van der Waals surface area contributed by atoms with E-state index in [1.54, 1.807) is 6.20 Å². The predicted octanol–water partition coefficient (Wildman–Crippen LogP) is 1.78. The van der Waals surface area contributed by atoms with E-state index in [1.807, 2.05) is 44.6 Å². The number of nitrogens with zero attached hydrogens (tertiary/aromatic N) is 2. The minimum Gasteiger partial charge on any atom is -0.508 e. The van der Waals surface area contributed by atoms with Crippen LogP contribution in [0, 0.1) is 0 Å². The Kier molecular flexibility index (Phi) is 2.65. The summed E-state index contributed by atoms with van der Waals surface area (Å²) in [6.45, 7) is 0. The van der Waals surface area contributed by atoms with Crippen LogP contribution in [-0.4, -0.2) is 28.4 Å². The van der Waals surface area contributed by atoms with Gasteiger partial charge in [0.1, 0.15) is 25.5 Å². The quantitative estimate of drug-likeness (QED) is 0.804. The lowest BCUT2D eigenvalue weighted by Crippen LogP contribution is -2.41. The van der Waals surface area contributed by atoms with Crippen molar-refractivity contribution in [3.05, 3.63) is 64.7 Å². The molecule has 0 amide bonds. The monoisotopic (exact) mass is 271 g/mol. The number of aromatic nitrogens is 1. The minimum absolute atomic E-state index is 0.0408. The van der Waals surface area contributed by atoms with Crippen molar-refractivity contribution in [2.24, 2.45) is 0 Å². The maximum Gasteiger partial charge on any atom is 0.258 e. The molecule has 5 nitrogen and oxygen atoms in total. The summed E-state index contributed by atoms with van der Waals surface area (Å²) in [4.78, 5) is 17.9. The number of quaternary nitrogens is 1. The summed E-state index contributed by atoms with van der Waals surface area (Å²) in [5.41, 5.74) is 1.30. The Labute approximate surface area is 116 Å². The van der Waals surface area contributed by atoms with Crippen molar-refractivity contribution in [2.45, 2.75) is 0 Å². The molecule has 0 aliphatic carbocycles. The fraction of sp³-hybridized carbons (Fsp3) is 0.133. The molecule has 1 N–H and O–H groups in total. The van der Waals surface area contributed by atoms with Crippen LogP contribution in [0.25, 0.3) is 5.70 Å². The minimum atomic E-state index is -0.284. The Bertz CT molecular complexity index is 760. The van der Waals surface area contributed by atoms with Crippen LogP contribution in [0.15, 0.2) is 53.6 Å². The Morgan fingerprint density at radius 1 is 1.20 bits per heavy atom. The van der Waals surface area contributed by atoms with Crippen LogP contribution in [-0.2, 0) is 0 Å². The molecule has 2 heterocycles. The van der Waals surface area contributed by atoms with Crippen molar-refractivity contribution < 1.29 is 14.6 Å². The third-order valence-electron chi connectivity index (χ3n) is 3.09. The molecule has 3 rings (SSSR count). The molecule has 1 aliphatic rings. The maximum absolute atomic E-state index is 12.1. The highest BCUT2D eigenvalue weighted by molar-refractivity contribution is 5.70. The Hall–Kier alpha value is -2.53. The number of pyridine rings is 1. The van der Waals surface area contributed by atoms with Gasteiger partial charge in [-0.2, -0.15) is 0 Å². The predicted molar refractivity (Wildman–Crippen MR) is 74.9 cm³/mol. The normalized spacial score (nSPS) is 16.0. The average Bonchev–Trinajstić information content (AvgIpc) is 2.37. The molecule has 1 aromatic heterocycles. The number of fused-ring (bicyclic) bond motifs is 1. The zero-order valence-electron chi connectivity index (χ0n) is 11.3. The number of rotatable bonds is 1. The zero-order chi connectivity index (χ0) is 14.3. The summed E-state index contributed by atoms with van der Waals surface area (Å²) < 4.78 is 1.68. The van der Waals surface area contributed by atoms with E-state index in [0.29, 0.717) is 0 Å². The molecule has 0 fully saturated rings. The van der Waals surface area contributed by atoms with E-state index in [4.69, 9.17) is 4.84 Å². The standard InChI is InChI=1S/C15H14N2O3/c1-17(2)10-13(12-5-3-4-6-14(12)20-17)16-8-7-11(18)9-15(16)19/h3-10H,1-2H3/p+1. The van der Waals surface area contributed by atoms with Crippen LogP contribution in [0.1, 0.15) is 5.56 Å². The summed E-state index contributed by atoms with van der Waals surface area (Å²) >= 11 is 0. The molecular weight excluding hydrogens is 256 g/mol. The van der Waals surface area contributed by atoms with Crippen LogP contribution in [0.2, 0.25) is 0 Å². The van der Waals surface area contributed by atoms with Gasteiger partial charge >= 0.3 is 0 Å². The number of hydroxylamine groups is 3. The lowest BCUT2D eigenvalue weighted by Gasteiger charge is -2.30. The number of benzene rings is 1. The second-order valence-corrected chi connectivity index (χ2v) is 5.13. The average molecular weight is 271 g/mol. The topological polar surface area (TPSA) is 51.5 Å². The summed E-state index contributed by atoms with van der Waals surface area (Å²) in [6.07, 6.45) is 3.41. The highest BCUT2D eigenvalue weighted by atomic mass is 16.7. The second-order valence-electron chi connectivity index (χ2n) is 5.13. The molecule has 102 valence electrons. The molecule has 2 aromatic rings. The van der Waals surface area contributed by atoms with E-state index in [2.05, 4.69) is 0 Å². The molecule has 0 saturated carbocycles. The van der Waals surface area contributed by atoms with E-state index in [1.165, 1.54) is 16.7 Å². The number of hydrogen-bond acceptors (Lipinski definition) is 3. The summed E-state index contributed by atoms with van der Waals surface area (Å²) in [5, 5.41) is 9.37. The Balaban J connectivity index is 2.25. The van der Waals surface area contributed by atoms with Gasteiger partial charge in [-0.25, -0.2) is 0 Å². The van der Waals surface area contributed by atoms with Crippen LogP contribution >= 0.6 is 0 Å². The zero-order valence-corrected chi connectivity index (χ0v) is 11.3. The van der Waals surface area contributed by atoms with Gasteiger partial charge in [0.25, 0.3) is 5.56 Å². The molecule has 0 spiro atoms. The highest BCUT2D eigenvalue weighted by Gasteiger charge is 2.28. The molecule has 0 bridgehead atoms. The first-order chi connectivity index (χ1) is 9.46. The SMILES string of the molecule is C[N+]1(C)C=C(n2ccc(O)cc2=O)c2ccccc2O1. The Morgan fingerprint density at radius 2 is 1.95 bits per heavy atom. The first-order valence-corrected chi connectivity index (χ1v) is 6.24. The van der Waals surface area contributed by atoms with Crippen molar-refractivity contribution in [3.63, 3.8) is 0 Å². The largest absolute Gasteiger partial charge is 0.508 e. The molecule has 1 aliphatic heterocycles. The van der Waals surface area contributed by atoms with Gasteiger partial charge in [-0.3, -0.25) is 9.36 Å². The van der Waals surface area contributed by atoms with E-state index in [9.17, 15) is 9.90 Å². The van der Waals surface area contributed by atoms with Crippen molar-refractivity contribution in [3.8, 4) is 11.5 Å². The lowest BCUT2D eigenvalue weighted by atomic mass is 10.1. The van der Waals surface area contributed by atoms with Gasteiger partial charge in [0.2, 0.25) is 0 Å². The van der Waals surface area contributed by atoms with E-state index in [-0.39, 0.29) is 16.0 Å². The van der Waals surface area contributed by atoms with E-state index in [0.717, 1.165) is 17.0 Å². The van der Waals surface area contributed by atoms with Gasteiger partial charge < -0.3 is 9.94 Å². The number of aromatic hydroxyl groups is 1. The van der Waals surface area contributed by atoms with Gasteiger partial charge in [0, 0.05) is 12.3 Å². The van der Waals surface area contributed by atoms with Crippen molar-refractivity contribution >= 4 is 5.70 Å². The molecule has 1 aromatic carbocycles. The molecule has 0 atom stereocenters. The van der Waals surface area contributed by atoms with Crippen LogP contribution in [0.5, 0.6) is 11.5 Å². The molecule has 5 heteroatoms. The van der Waals surface area contributed by atoms with Gasteiger partial charge in [-0.05, 0) is 18.2 Å². The fourth-order valence-corrected chi connectivity index (χ4v) is 2.26. The van der Waals surface area contributed by atoms with Crippen molar-refractivity contribution in [1.29, 1.82) is 0 Å². The first-order valence-electron chi connectivity index (χ1n) is 6.24. The third kappa shape index (κ3) is 2.08. The lowest BCUT2D eigenvalue weighted by molar-refractivity contribution is -1.01. The number of hydrogen-bond donors (Lipinski definition) is 1. The third-order valence-corrected chi connectivity index (χ3v) is 3.09. The second kappa shape index (κ2) is 4.25. The van der Waals surface area contributed by atoms with Gasteiger partial charge in [-0.15, -0.1) is 4.65 Å². The maximum atomic E-state index is 12.1. The van der Waals surface area contributed by atoms with Gasteiger partial charge in [0.15, 0.2) is 11.9 Å².